The molecule has 0 aliphatic carbocycles. The van der Waals surface area contributed by atoms with Gasteiger partial charge in [-0.2, -0.15) is 4.99 Å². The van der Waals surface area contributed by atoms with E-state index in [0.29, 0.717) is 21.5 Å². The largest absolute Gasteiger partial charge is 0.429 e. The topological polar surface area (TPSA) is 51.3 Å². The fourth-order valence-electron chi connectivity index (χ4n) is 2.98. The minimum Gasteiger partial charge on any atom is -0.429 e. The Morgan fingerprint density at radius 2 is 1.55 bits per heavy atom. The van der Waals surface area contributed by atoms with Gasteiger partial charge in [0, 0.05) is 26.9 Å². The van der Waals surface area contributed by atoms with Gasteiger partial charge < -0.3 is 4.42 Å². The van der Waals surface area contributed by atoms with Crippen molar-refractivity contribution in [1.29, 1.82) is 0 Å². The highest BCUT2D eigenvalue weighted by Gasteiger charge is 2.09. The van der Waals surface area contributed by atoms with E-state index in [1.807, 2.05) is 84.2 Å². The maximum absolute atomic E-state index is 5.97. The first kappa shape index (κ1) is 17.8. The number of para-hydroxylation sites is 1. The number of aromatic nitrogens is 2. The molecule has 0 saturated heterocycles. The summed E-state index contributed by atoms with van der Waals surface area (Å²) >= 11 is 7.40. The molecule has 140 valence electrons. The maximum atomic E-state index is 5.97. The number of benzene rings is 3. The van der Waals surface area contributed by atoms with Gasteiger partial charge in [-0.05, 0) is 36.4 Å². The van der Waals surface area contributed by atoms with Crippen LogP contribution >= 0.6 is 22.9 Å². The Hall–Kier alpha value is -3.28. The van der Waals surface area contributed by atoms with Crippen molar-refractivity contribution in [3.05, 3.63) is 94.1 Å². The summed E-state index contributed by atoms with van der Waals surface area (Å²) in [5.41, 5.74) is 2.74. The molecule has 0 saturated carbocycles. The second-order valence-corrected chi connectivity index (χ2v) is 7.60. The number of fused-ring (bicyclic) bond motifs is 1. The standard InChI is InChI=1S/C23H14ClN3OS/c24-17-12-10-15(11-13-17)20-14-29-23(28-20)27-22-18-8-4-5-9-19(18)25-21(26-22)16-6-2-1-3-7-16/h1-14H. The van der Waals surface area contributed by atoms with Crippen LogP contribution in [0.2, 0.25) is 5.02 Å². The molecule has 0 unspecified atom stereocenters. The van der Waals surface area contributed by atoms with Crippen molar-refractivity contribution >= 4 is 39.7 Å². The Balaban J connectivity index is 1.64. The minimum atomic E-state index is 0.526. The third-order valence-electron chi connectivity index (χ3n) is 4.41. The van der Waals surface area contributed by atoms with Gasteiger partial charge in [-0.3, -0.25) is 0 Å². The van der Waals surface area contributed by atoms with Gasteiger partial charge in [-0.1, -0.05) is 65.4 Å². The Bertz CT molecular complexity index is 1360. The molecule has 0 spiro atoms. The summed E-state index contributed by atoms with van der Waals surface area (Å²) in [5.74, 6) is 1.97. The average Bonchev–Trinajstić information content (AvgIpc) is 3.23. The molecule has 2 heterocycles. The highest BCUT2D eigenvalue weighted by molar-refractivity contribution is 7.07. The lowest BCUT2D eigenvalue weighted by atomic mass is 10.2. The average molecular weight is 416 g/mol. The summed E-state index contributed by atoms with van der Waals surface area (Å²) < 4.78 is 5.96. The van der Waals surface area contributed by atoms with Crippen LogP contribution in [-0.4, -0.2) is 9.97 Å². The van der Waals surface area contributed by atoms with Gasteiger partial charge >= 0.3 is 0 Å². The van der Waals surface area contributed by atoms with E-state index in [0.717, 1.165) is 27.8 Å². The fourth-order valence-corrected chi connectivity index (χ4v) is 3.78. The molecule has 0 radical (unpaired) electrons. The predicted octanol–water partition coefficient (Wildman–Crippen LogP) is 6.50. The number of halogens is 1. The lowest BCUT2D eigenvalue weighted by Gasteiger charge is -2.05. The molecule has 0 aliphatic heterocycles. The second kappa shape index (κ2) is 7.62. The van der Waals surface area contributed by atoms with Crippen molar-refractivity contribution in [1.82, 2.24) is 9.97 Å². The number of rotatable bonds is 3. The van der Waals surface area contributed by atoms with Crippen LogP contribution in [0.1, 0.15) is 0 Å². The van der Waals surface area contributed by atoms with Crippen molar-refractivity contribution in [2.75, 3.05) is 0 Å². The van der Waals surface area contributed by atoms with E-state index in [4.69, 9.17) is 31.0 Å². The van der Waals surface area contributed by atoms with Crippen LogP contribution in [0.4, 0.5) is 5.82 Å². The number of hydrogen-bond donors (Lipinski definition) is 0. The quantitative estimate of drug-likeness (QED) is 0.337. The third kappa shape index (κ3) is 3.70. The molecule has 5 aromatic rings. The van der Waals surface area contributed by atoms with Gasteiger partial charge in [0.05, 0.1) is 5.52 Å². The lowest BCUT2D eigenvalue weighted by molar-refractivity contribution is 0.538. The highest BCUT2D eigenvalue weighted by atomic mass is 35.5. The van der Waals surface area contributed by atoms with Gasteiger partial charge in [0.1, 0.15) is 5.76 Å². The zero-order valence-electron chi connectivity index (χ0n) is 15.1. The highest BCUT2D eigenvalue weighted by Crippen LogP contribution is 2.27. The zero-order chi connectivity index (χ0) is 19.6. The van der Waals surface area contributed by atoms with Gasteiger partial charge in [0.25, 0.3) is 4.87 Å². The molecular weight excluding hydrogens is 402 g/mol. The van der Waals surface area contributed by atoms with Crippen LogP contribution in [0.3, 0.4) is 0 Å². The lowest BCUT2D eigenvalue weighted by Crippen LogP contribution is -1.95. The zero-order valence-corrected chi connectivity index (χ0v) is 16.7. The van der Waals surface area contributed by atoms with Crippen LogP contribution in [0.15, 0.2) is 93.7 Å². The molecular formula is C23H14ClN3OS. The molecule has 0 N–H and O–H groups in total. The van der Waals surface area contributed by atoms with Crippen molar-refractivity contribution in [2.45, 2.75) is 0 Å². The molecule has 3 aromatic carbocycles. The van der Waals surface area contributed by atoms with Gasteiger partial charge in [0.15, 0.2) is 11.6 Å². The van der Waals surface area contributed by atoms with Crippen molar-refractivity contribution in [2.24, 2.45) is 4.99 Å². The summed E-state index contributed by atoms with van der Waals surface area (Å²) in [6.07, 6.45) is 0. The summed E-state index contributed by atoms with van der Waals surface area (Å²) in [4.78, 5) is 14.6. The van der Waals surface area contributed by atoms with E-state index < -0.39 is 0 Å². The normalized spacial score (nSPS) is 11.8. The Kier molecular flexibility index (Phi) is 4.68. The molecule has 0 atom stereocenters. The smallest absolute Gasteiger partial charge is 0.280 e. The molecule has 0 fully saturated rings. The van der Waals surface area contributed by atoms with Gasteiger partial charge in [-0.15, -0.1) is 0 Å². The third-order valence-corrected chi connectivity index (χ3v) is 5.37. The summed E-state index contributed by atoms with van der Waals surface area (Å²) in [5, 5.41) is 3.50. The first-order valence-electron chi connectivity index (χ1n) is 8.98. The molecule has 0 aliphatic rings. The van der Waals surface area contributed by atoms with Crippen LogP contribution < -0.4 is 4.87 Å². The van der Waals surface area contributed by atoms with E-state index in [-0.39, 0.29) is 0 Å². The predicted molar refractivity (Wildman–Crippen MR) is 117 cm³/mol. The van der Waals surface area contributed by atoms with E-state index in [2.05, 4.69) is 0 Å². The van der Waals surface area contributed by atoms with Crippen LogP contribution in [0.25, 0.3) is 33.6 Å². The first-order chi connectivity index (χ1) is 14.3. The van der Waals surface area contributed by atoms with Crippen molar-refractivity contribution < 1.29 is 4.42 Å². The van der Waals surface area contributed by atoms with E-state index >= 15 is 0 Å². The number of nitrogens with zero attached hydrogens (tertiary/aromatic N) is 3. The first-order valence-corrected chi connectivity index (χ1v) is 10.2. The van der Waals surface area contributed by atoms with Crippen molar-refractivity contribution in [3.8, 4) is 22.7 Å². The molecule has 4 nitrogen and oxygen atoms in total. The molecule has 2 aromatic heterocycles. The molecule has 0 amide bonds. The Morgan fingerprint density at radius 1 is 0.793 bits per heavy atom. The summed E-state index contributed by atoms with van der Waals surface area (Å²) in [6.45, 7) is 0. The fraction of sp³-hybridized carbons (Fsp3) is 0. The van der Waals surface area contributed by atoms with Crippen LogP contribution in [0.5, 0.6) is 0 Å². The summed E-state index contributed by atoms with van der Waals surface area (Å²) in [7, 11) is 0. The Labute approximate surface area is 175 Å². The molecule has 6 heteroatoms. The SMILES string of the molecule is Clc1ccc(-c2csc(=Nc3nc(-c4ccccc4)nc4ccccc34)o2)cc1. The van der Waals surface area contributed by atoms with Crippen LogP contribution in [-0.2, 0) is 0 Å². The van der Waals surface area contributed by atoms with E-state index in [1.54, 1.807) is 0 Å². The Morgan fingerprint density at radius 3 is 2.38 bits per heavy atom. The van der Waals surface area contributed by atoms with E-state index in [9.17, 15) is 0 Å². The molecule has 29 heavy (non-hydrogen) atoms. The monoisotopic (exact) mass is 415 g/mol. The maximum Gasteiger partial charge on any atom is 0.280 e. The van der Waals surface area contributed by atoms with Crippen molar-refractivity contribution in [3.63, 3.8) is 0 Å². The van der Waals surface area contributed by atoms with Gasteiger partial charge in [-0.25, -0.2) is 9.97 Å². The van der Waals surface area contributed by atoms with Gasteiger partial charge in [0.2, 0.25) is 0 Å². The summed E-state index contributed by atoms with van der Waals surface area (Å²) in [6, 6.07) is 25.3. The second-order valence-electron chi connectivity index (χ2n) is 6.34. The minimum absolute atomic E-state index is 0.526. The molecule has 5 rings (SSSR count). The van der Waals surface area contributed by atoms with E-state index in [1.165, 1.54) is 11.3 Å². The number of hydrogen-bond acceptors (Lipinski definition) is 5. The molecule has 0 bridgehead atoms. The van der Waals surface area contributed by atoms with Crippen LogP contribution in [0, 0.1) is 0 Å².